The summed E-state index contributed by atoms with van der Waals surface area (Å²) >= 11 is 0. The summed E-state index contributed by atoms with van der Waals surface area (Å²) in [5.41, 5.74) is 1.57. The first-order chi connectivity index (χ1) is 14.5. The largest absolute Gasteiger partial charge is 0.497 e. The monoisotopic (exact) mass is 410 g/mol. The number of hydrogen-bond donors (Lipinski definition) is 0. The molecule has 1 aliphatic heterocycles. The van der Waals surface area contributed by atoms with E-state index in [1.54, 1.807) is 25.2 Å². The van der Waals surface area contributed by atoms with Crippen molar-refractivity contribution in [1.82, 2.24) is 4.90 Å². The zero-order valence-corrected chi connectivity index (χ0v) is 17.5. The van der Waals surface area contributed by atoms with Crippen LogP contribution in [0.5, 0.6) is 17.2 Å². The molecule has 2 aliphatic rings. The zero-order chi connectivity index (χ0) is 21.3. The molecule has 1 unspecified atom stereocenters. The van der Waals surface area contributed by atoms with E-state index in [0.29, 0.717) is 29.5 Å². The third-order valence-electron chi connectivity index (χ3n) is 5.53. The lowest BCUT2D eigenvalue weighted by Crippen LogP contribution is -2.51. The van der Waals surface area contributed by atoms with Gasteiger partial charge in [0.05, 0.1) is 26.5 Å². The molecule has 1 saturated carbocycles. The average molecular weight is 410 g/mol. The molecule has 0 aromatic heterocycles. The molecule has 4 rings (SSSR count). The minimum Gasteiger partial charge on any atom is -0.497 e. The Morgan fingerprint density at radius 3 is 2.57 bits per heavy atom. The number of rotatable bonds is 6. The van der Waals surface area contributed by atoms with Gasteiger partial charge in [0, 0.05) is 25.1 Å². The molecule has 7 nitrogen and oxygen atoms in total. The van der Waals surface area contributed by atoms with E-state index >= 15 is 0 Å². The number of ether oxygens (including phenoxy) is 3. The number of para-hydroxylation sites is 2. The van der Waals surface area contributed by atoms with Crippen molar-refractivity contribution < 1.29 is 23.8 Å². The van der Waals surface area contributed by atoms with E-state index in [9.17, 15) is 9.59 Å². The van der Waals surface area contributed by atoms with Gasteiger partial charge in [-0.1, -0.05) is 12.1 Å². The molecular weight excluding hydrogens is 384 g/mol. The summed E-state index contributed by atoms with van der Waals surface area (Å²) in [5, 5.41) is 0. The van der Waals surface area contributed by atoms with Crippen LogP contribution in [0.2, 0.25) is 0 Å². The van der Waals surface area contributed by atoms with Crippen molar-refractivity contribution in [2.24, 2.45) is 0 Å². The molecule has 0 bridgehead atoms. The van der Waals surface area contributed by atoms with Gasteiger partial charge in [0.1, 0.15) is 17.2 Å². The van der Waals surface area contributed by atoms with Crippen molar-refractivity contribution >= 4 is 17.5 Å². The van der Waals surface area contributed by atoms with Gasteiger partial charge in [0.2, 0.25) is 5.91 Å². The Labute approximate surface area is 176 Å². The highest BCUT2D eigenvalue weighted by Gasteiger charge is 2.40. The second-order valence-corrected chi connectivity index (χ2v) is 7.58. The number of anilines is 1. The van der Waals surface area contributed by atoms with Crippen LogP contribution >= 0.6 is 0 Å². The predicted octanol–water partition coefficient (Wildman–Crippen LogP) is 3.01. The SMILES string of the molecule is COc1ccc(OC)c(CN(C(=O)C2CN(C(C)=O)c3ccccc3O2)C2CC2)c1. The first-order valence-corrected chi connectivity index (χ1v) is 10.1. The number of methoxy groups -OCH3 is 2. The van der Waals surface area contributed by atoms with Gasteiger partial charge in [-0.25, -0.2) is 0 Å². The van der Waals surface area contributed by atoms with Crippen molar-refractivity contribution in [3.63, 3.8) is 0 Å². The maximum Gasteiger partial charge on any atom is 0.266 e. The second-order valence-electron chi connectivity index (χ2n) is 7.58. The number of nitrogens with zero attached hydrogens (tertiary/aromatic N) is 2. The smallest absolute Gasteiger partial charge is 0.266 e. The number of carbonyl (C=O) groups is 2. The van der Waals surface area contributed by atoms with Crippen LogP contribution in [0.3, 0.4) is 0 Å². The van der Waals surface area contributed by atoms with Crippen molar-refractivity contribution in [2.75, 3.05) is 25.7 Å². The Hall–Kier alpha value is -3.22. The Morgan fingerprint density at radius 2 is 1.90 bits per heavy atom. The van der Waals surface area contributed by atoms with Gasteiger partial charge >= 0.3 is 0 Å². The molecule has 2 aromatic carbocycles. The summed E-state index contributed by atoms with van der Waals surface area (Å²) < 4.78 is 16.9. The number of fused-ring (bicyclic) bond motifs is 1. The highest BCUT2D eigenvalue weighted by molar-refractivity contribution is 5.96. The van der Waals surface area contributed by atoms with E-state index in [0.717, 1.165) is 18.4 Å². The zero-order valence-electron chi connectivity index (χ0n) is 17.5. The van der Waals surface area contributed by atoms with E-state index in [4.69, 9.17) is 14.2 Å². The molecule has 0 spiro atoms. The average Bonchev–Trinajstić information content (AvgIpc) is 3.61. The summed E-state index contributed by atoms with van der Waals surface area (Å²) in [6.45, 7) is 2.10. The van der Waals surface area contributed by atoms with E-state index < -0.39 is 6.10 Å². The summed E-state index contributed by atoms with van der Waals surface area (Å²) in [5.74, 6) is 1.72. The molecule has 1 heterocycles. The van der Waals surface area contributed by atoms with E-state index in [2.05, 4.69) is 0 Å². The molecule has 1 fully saturated rings. The lowest BCUT2D eigenvalue weighted by Gasteiger charge is -2.36. The van der Waals surface area contributed by atoms with Crippen molar-refractivity contribution in [2.45, 2.75) is 38.5 Å². The maximum absolute atomic E-state index is 13.5. The number of carbonyl (C=O) groups excluding carboxylic acids is 2. The van der Waals surface area contributed by atoms with Crippen molar-refractivity contribution in [1.29, 1.82) is 0 Å². The van der Waals surface area contributed by atoms with E-state index in [1.807, 2.05) is 41.3 Å². The van der Waals surface area contributed by atoms with Crippen LogP contribution < -0.4 is 19.1 Å². The van der Waals surface area contributed by atoms with Crippen LogP contribution in [0.4, 0.5) is 5.69 Å². The highest BCUT2D eigenvalue weighted by atomic mass is 16.5. The van der Waals surface area contributed by atoms with Crippen LogP contribution in [0.1, 0.15) is 25.3 Å². The molecule has 30 heavy (non-hydrogen) atoms. The van der Waals surface area contributed by atoms with Gasteiger partial charge in [-0.2, -0.15) is 0 Å². The lowest BCUT2D eigenvalue weighted by atomic mass is 10.1. The van der Waals surface area contributed by atoms with Crippen LogP contribution in [0.25, 0.3) is 0 Å². The Bertz CT molecular complexity index is 956. The van der Waals surface area contributed by atoms with Gasteiger partial charge < -0.3 is 24.0 Å². The number of hydrogen-bond acceptors (Lipinski definition) is 5. The molecule has 0 radical (unpaired) electrons. The Balaban J connectivity index is 1.60. The maximum atomic E-state index is 13.5. The number of amides is 2. The Morgan fingerprint density at radius 1 is 1.13 bits per heavy atom. The third kappa shape index (κ3) is 3.92. The standard InChI is InChI=1S/C23H26N2O5/c1-15(26)24-14-22(30-21-7-5-4-6-19(21)24)23(27)25(17-8-9-17)13-16-12-18(28-2)10-11-20(16)29-3/h4-7,10-12,17,22H,8-9,13-14H2,1-3H3. The fraction of sp³-hybridized carbons (Fsp3) is 0.391. The molecule has 1 aliphatic carbocycles. The minimum absolute atomic E-state index is 0.115. The fourth-order valence-electron chi connectivity index (χ4n) is 3.81. The van der Waals surface area contributed by atoms with Gasteiger partial charge in [0.25, 0.3) is 5.91 Å². The first-order valence-electron chi connectivity index (χ1n) is 10.1. The molecule has 0 N–H and O–H groups in total. The Kier molecular flexibility index (Phi) is 5.53. The van der Waals surface area contributed by atoms with Crippen LogP contribution in [-0.2, 0) is 16.1 Å². The molecule has 158 valence electrons. The second kappa shape index (κ2) is 8.26. The quantitative estimate of drug-likeness (QED) is 0.732. The van der Waals surface area contributed by atoms with E-state index in [-0.39, 0.29) is 24.4 Å². The minimum atomic E-state index is -0.749. The van der Waals surface area contributed by atoms with Gasteiger partial charge in [-0.15, -0.1) is 0 Å². The molecule has 2 aromatic rings. The van der Waals surface area contributed by atoms with Crippen LogP contribution in [0, 0.1) is 0 Å². The number of benzene rings is 2. The summed E-state index contributed by atoms with van der Waals surface area (Å²) in [7, 11) is 3.22. The first kappa shape index (κ1) is 20.1. The van der Waals surface area contributed by atoms with Crippen molar-refractivity contribution in [3.8, 4) is 17.2 Å². The lowest BCUT2D eigenvalue weighted by molar-refractivity contribution is -0.140. The highest BCUT2D eigenvalue weighted by Crippen LogP contribution is 2.36. The molecule has 2 amide bonds. The van der Waals surface area contributed by atoms with Gasteiger partial charge in [-0.05, 0) is 43.2 Å². The van der Waals surface area contributed by atoms with Gasteiger partial charge in [-0.3, -0.25) is 9.59 Å². The van der Waals surface area contributed by atoms with Crippen LogP contribution in [-0.4, -0.2) is 49.6 Å². The molecular formula is C23H26N2O5. The predicted molar refractivity (Wildman–Crippen MR) is 112 cm³/mol. The summed E-state index contributed by atoms with van der Waals surface area (Å²) in [6, 6.07) is 13.0. The van der Waals surface area contributed by atoms with Crippen molar-refractivity contribution in [3.05, 3.63) is 48.0 Å². The fourth-order valence-corrected chi connectivity index (χ4v) is 3.81. The van der Waals surface area contributed by atoms with Gasteiger partial charge in [0.15, 0.2) is 6.10 Å². The third-order valence-corrected chi connectivity index (χ3v) is 5.53. The summed E-state index contributed by atoms with van der Waals surface area (Å²) in [4.78, 5) is 29.2. The van der Waals surface area contributed by atoms with Crippen LogP contribution in [0.15, 0.2) is 42.5 Å². The summed E-state index contributed by atoms with van der Waals surface area (Å²) in [6.07, 6.45) is 1.16. The topological polar surface area (TPSA) is 68.3 Å². The van der Waals surface area contributed by atoms with E-state index in [1.165, 1.54) is 6.92 Å². The molecule has 0 saturated heterocycles. The normalized spacial score (nSPS) is 17.6. The molecule has 1 atom stereocenters. The molecule has 7 heteroatoms.